The first-order valence-corrected chi connectivity index (χ1v) is 14.4. The van der Waals surface area contributed by atoms with E-state index in [0.29, 0.717) is 23.8 Å². The van der Waals surface area contributed by atoms with E-state index in [-0.39, 0.29) is 34.9 Å². The molecule has 1 spiro atoms. The summed E-state index contributed by atoms with van der Waals surface area (Å²) in [6, 6.07) is 4.89. The zero-order chi connectivity index (χ0) is 27.1. The maximum Gasteiger partial charge on any atom is 0.251 e. The van der Waals surface area contributed by atoms with Gasteiger partial charge in [-0.2, -0.15) is 4.98 Å². The Bertz CT molecular complexity index is 1250. The van der Waals surface area contributed by atoms with Crippen molar-refractivity contribution in [1.29, 1.82) is 0 Å². The Hall–Kier alpha value is -3.27. The summed E-state index contributed by atoms with van der Waals surface area (Å²) in [6.45, 7) is 5.75. The van der Waals surface area contributed by atoms with Gasteiger partial charge in [-0.1, -0.05) is 19.8 Å². The molecule has 39 heavy (non-hydrogen) atoms. The third kappa shape index (κ3) is 5.06. The Labute approximate surface area is 229 Å². The van der Waals surface area contributed by atoms with Crippen molar-refractivity contribution >= 4 is 35.0 Å². The number of nitrogens with one attached hydrogen (secondary N) is 2. The molecule has 3 fully saturated rings. The molecule has 2 aromatic rings. The number of amides is 2. The molecule has 2 aliphatic heterocycles. The molecule has 4 aliphatic rings. The first-order chi connectivity index (χ1) is 18.9. The van der Waals surface area contributed by atoms with Gasteiger partial charge in [0.1, 0.15) is 11.5 Å². The van der Waals surface area contributed by atoms with Gasteiger partial charge in [0.15, 0.2) is 5.82 Å². The molecule has 0 bridgehead atoms. The molecular formula is C29H38FN7O2. The van der Waals surface area contributed by atoms with Crippen LogP contribution in [-0.2, 0) is 4.79 Å². The fourth-order valence-electron chi connectivity index (χ4n) is 6.39. The number of halogens is 1. The zero-order valence-corrected chi connectivity index (χ0v) is 22.9. The van der Waals surface area contributed by atoms with Crippen molar-refractivity contribution in [3.63, 3.8) is 0 Å². The van der Waals surface area contributed by atoms with Gasteiger partial charge in [0, 0.05) is 44.3 Å². The second-order valence-corrected chi connectivity index (χ2v) is 11.6. The summed E-state index contributed by atoms with van der Waals surface area (Å²) in [5.41, 5.74) is 0.854. The van der Waals surface area contributed by atoms with E-state index < -0.39 is 5.82 Å². The van der Waals surface area contributed by atoms with Gasteiger partial charge in [-0.3, -0.25) is 9.59 Å². The lowest BCUT2D eigenvalue weighted by Crippen LogP contribution is -2.44. The standard InChI is InChI=1S/C29H38FN7O2/c1-3-36-14-10-20(11-15-36)32-26(38)19-8-9-23(22(30)16-19)33-28-31-17-24-25(34-28)37(21-6-4-5-7-21)18-29(12-13-29)27(39)35(24)2/h8-9,16-17,20-21H,3-7,10-15,18H2,1-2H3,(H,32,38)(H,31,33,34). The highest BCUT2D eigenvalue weighted by molar-refractivity contribution is 6.02. The highest BCUT2D eigenvalue weighted by atomic mass is 19.1. The molecule has 6 rings (SSSR count). The van der Waals surface area contributed by atoms with Gasteiger partial charge < -0.3 is 25.3 Å². The van der Waals surface area contributed by atoms with Crippen molar-refractivity contribution < 1.29 is 14.0 Å². The molecule has 208 valence electrons. The summed E-state index contributed by atoms with van der Waals surface area (Å²) < 4.78 is 15.2. The van der Waals surface area contributed by atoms with E-state index in [1.54, 1.807) is 30.3 Å². The van der Waals surface area contributed by atoms with Crippen molar-refractivity contribution in [2.45, 2.75) is 70.4 Å². The van der Waals surface area contributed by atoms with Gasteiger partial charge >= 0.3 is 0 Å². The van der Waals surface area contributed by atoms with E-state index in [9.17, 15) is 9.59 Å². The van der Waals surface area contributed by atoms with Crippen LogP contribution in [0, 0.1) is 11.2 Å². The van der Waals surface area contributed by atoms with Gasteiger partial charge in [0.25, 0.3) is 5.91 Å². The third-order valence-electron chi connectivity index (χ3n) is 9.08. The Morgan fingerprint density at radius 2 is 1.90 bits per heavy atom. The fourth-order valence-corrected chi connectivity index (χ4v) is 6.39. The average Bonchev–Trinajstić information content (AvgIpc) is 3.55. The molecule has 1 saturated heterocycles. The number of nitrogens with zero attached hydrogens (tertiary/aromatic N) is 5. The van der Waals surface area contributed by atoms with E-state index in [0.717, 1.165) is 64.0 Å². The van der Waals surface area contributed by atoms with E-state index in [1.165, 1.54) is 18.9 Å². The molecule has 3 heterocycles. The number of rotatable bonds is 6. The van der Waals surface area contributed by atoms with E-state index in [4.69, 9.17) is 4.98 Å². The number of benzene rings is 1. The minimum absolute atomic E-state index is 0.108. The zero-order valence-electron chi connectivity index (χ0n) is 22.9. The monoisotopic (exact) mass is 535 g/mol. The molecule has 1 aromatic carbocycles. The predicted octanol–water partition coefficient (Wildman–Crippen LogP) is 4.08. The smallest absolute Gasteiger partial charge is 0.251 e. The summed E-state index contributed by atoms with van der Waals surface area (Å²) >= 11 is 0. The van der Waals surface area contributed by atoms with Gasteiger partial charge in [-0.05, 0) is 63.3 Å². The molecule has 2 amide bonds. The van der Waals surface area contributed by atoms with Crippen molar-refractivity contribution in [3.05, 3.63) is 35.8 Å². The molecule has 2 N–H and O–H groups in total. The van der Waals surface area contributed by atoms with Crippen molar-refractivity contribution in [1.82, 2.24) is 20.2 Å². The van der Waals surface area contributed by atoms with Gasteiger partial charge in [0.05, 0.1) is 17.3 Å². The number of carbonyl (C=O) groups excluding carboxylic acids is 2. The predicted molar refractivity (Wildman–Crippen MR) is 149 cm³/mol. The molecule has 0 unspecified atom stereocenters. The molecule has 2 aliphatic carbocycles. The highest BCUT2D eigenvalue weighted by Crippen LogP contribution is 2.52. The largest absolute Gasteiger partial charge is 0.351 e. The van der Waals surface area contributed by atoms with E-state index in [2.05, 4.69) is 32.3 Å². The summed E-state index contributed by atoms with van der Waals surface area (Å²) in [5.74, 6) is 0.321. The molecule has 2 saturated carbocycles. The number of hydrogen-bond donors (Lipinski definition) is 2. The lowest BCUT2D eigenvalue weighted by molar-refractivity contribution is -0.122. The first-order valence-electron chi connectivity index (χ1n) is 14.4. The summed E-state index contributed by atoms with van der Waals surface area (Å²) in [7, 11) is 1.80. The van der Waals surface area contributed by atoms with Crippen LogP contribution in [0.15, 0.2) is 24.4 Å². The molecule has 0 radical (unpaired) electrons. The quantitative estimate of drug-likeness (QED) is 0.576. The van der Waals surface area contributed by atoms with Crippen molar-refractivity contribution in [2.75, 3.05) is 48.3 Å². The molecule has 1 aromatic heterocycles. The number of carbonyl (C=O) groups is 2. The van der Waals surface area contributed by atoms with Crippen LogP contribution < -0.4 is 20.4 Å². The van der Waals surface area contributed by atoms with E-state index >= 15 is 4.39 Å². The topological polar surface area (TPSA) is 93.7 Å². The molecule has 9 nitrogen and oxygen atoms in total. The summed E-state index contributed by atoms with van der Waals surface area (Å²) in [4.78, 5) is 41.7. The van der Waals surface area contributed by atoms with Crippen molar-refractivity contribution in [2.24, 2.45) is 5.41 Å². The number of hydrogen-bond acceptors (Lipinski definition) is 7. The Kier molecular flexibility index (Phi) is 6.91. The summed E-state index contributed by atoms with van der Waals surface area (Å²) in [6.07, 6.45) is 9.76. The van der Waals surface area contributed by atoms with Crippen molar-refractivity contribution in [3.8, 4) is 0 Å². The van der Waals surface area contributed by atoms with Crippen LogP contribution >= 0.6 is 0 Å². The average molecular weight is 536 g/mol. The van der Waals surface area contributed by atoms with Crippen LogP contribution in [0.1, 0.15) is 68.6 Å². The van der Waals surface area contributed by atoms with Gasteiger partial charge in [-0.25, -0.2) is 9.37 Å². The normalized spacial score (nSPS) is 21.7. The van der Waals surface area contributed by atoms with Crippen LogP contribution in [0.25, 0.3) is 0 Å². The van der Waals surface area contributed by atoms with Crippen LogP contribution in [-0.4, -0.2) is 72.0 Å². The molecule has 10 heteroatoms. The Morgan fingerprint density at radius 3 is 2.56 bits per heavy atom. The second kappa shape index (κ2) is 10.4. The van der Waals surface area contributed by atoms with Crippen LogP contribution in [0.5, 0.6) is 0 Å². The number of likely N-dealkylation sites (tertiary alicyclic amines) is 1. The number of piperidine rings is 1. The molecular weight excluding hydrogens is 497 g/mol. The minimum Gasteiger partial charge on any atom is -0.351 e. The maximum absolute atomic E-state index is 15.2. The lowest BCUT2D eigenvalue weighted by atomic mass is 10.0. The molecule has 0 atom stereocenters. The first kappa shape index (κ1) is 26.0. The van der Waals surface area contributed by atoms with Crippen LogP contribution in [0.2, 0.25) is 0 Å². The lowest BCUT2D eigenvalue weighted by Gasteiger charge is -2.31. The summed E-state index contributed by atoms with van der Waals surface area (Å²) in [5, 5.41) is 6.06. The number of fused-ring (bicyclic) bond motifs is 1. The fraction of sp³-hybridized carbons (Fsp3) is 0.586. The van der Waals surface area contributed by atoms with Gasteiger partial charge in [-0.15, -0.1) is 0 Å². The SMILES string of the molecule is CCN1CCC(NC(=O)c2ccc(Nc3ncc4c(n3)N(C3CCCC3)CC3(CC3)C(=O)N4C)c(F)c2)CC1. The number of aromatic nitrogens is 2. The van der Waals surface area contributed by atoms with Gasteiger partial charge in [0.2, 0.25) is 11.9 Å². The van der Waals surface area contributed by atoms with Crippen LogP contribution in [0.3, 0.4) is 0 Å². The Balaban J connectivity index is 1.20. The minimum atomic E-state index is -0.543. The van der Waals surface area contributed by atoms with E-state index in [1.807, 2.05) is 0 Å². The van der Waals surface area contributed by atoms with Crippen LogP contribution in [0.4, 0.5) is 27.5 Å². The third-order valence-corrected chi connectivity index (χ3v) is 9.08. The second-order valence-electron chi connectivity index (χ2n) is 11.6. The maximum atomic E-state index is 15.2. The number of anilines is 4. The highest BCUT2D eigenvalue weighted by Gasteiger charge is 2.55. The Morgan fingerprint density at radius 1 is 1.15 bits per heavy atom.